The van der Waals surface area contributed by atoms with Crippen molar-refractivity contribution < 1.29 is 14.5 Å². The summed E-state index contributed by atoms with van der Waals surface area (Å²) in [5.41, 5.74) is -0.591. The minimum absolute atomic E-state index is 0.138. The number of ether oxygens (including phenoxy) is 1. The van der Waals surface area contributed by atoms with E-state index in [0.717, 1.165) is 0 Å². The first-order chi connectivity index (χ1) is 10.4. The fraction of sp³-hybridized carbons (Fsp3) is 0.333. The molecule has 7 nitrogen and oxygen atoms in total. The third-order valence-electron chi connectivity index (χ3n) is 3.52. The number of nitrogens with zero attached hydrogens (tertiary/aromatic N) is 2. The number of benzene rings is 1. The van der Waals surface area contributed by atoms with Crippen LogP contribution in [0.3, 0.4) is 0 Å². The Balaban J connectivity index is 2.73. The van der Waals surface area contributed by atoms with E-state index in [2.05, 4.69) is 0 Å². The van der Waals surface area contributed by atoms with E-state index < -0.39 is 22.5 Å². The molecule has 0 saturated carbocycles. The molecule has 0 amide bonds. The van der Waals surface area contributed by atoms with Gasteiger partial charge in [0.25, 0.3) is 11.2 Å². The smallest absolute Gasteiger partial charge is 0.329 e. The van der Waals surface area contributed by atoms with Gasteiger partial charge < -0.3 is 9.30 Å². The Morgan fingerprint density at radius 3 is 2.50 bits per heavy atom. The predicted molar refractivity (Wildman–Crippen MR) is 80.8 cm³/mol. The molecule has 0 spiro atoms. The van der Waals surface area contributed by atoms with Crippen molar-refractivity contribution in [2.45, 2.75) is 19.9 Å². The van der Waals surface area contributed by atoms with Crippen molar-refractivity contribution >= 4 is 22.4 Å². The van der Waals surface area contributed by atoms with Crippen LogP contribution in [-0.2, 0) is 9.53 Å². The predicted octanol–water partition coefficient (Wildman–Crippen LogP) is 2.28. The Morgan fingerprint density at radius 1 is 1.27 bits per heavy atom. The van der Waals surface area contributed by atoms with Gasteiger partial charge in [0.1, 0.15) is 6.04 Å². The van der Waals surface area contributed by atoms with Crippen LogP contribution in [0.25, 0.3) is 10.8 Å². The van der Waals surface area contributed by atoms with Gasteiger partial charge in [-0.3, -0.25) is 14.9 Å². The van der Waals surface area contributed by atoms with Crippen LogP contribution in [0.15, 0.2) is 35.3 Å². The monoisotopic (exact) mass is 304 g/mol. The number of hydrogen-bond acceptors (Lipinski definition) is 5. The van der Waals surface area contributed by atoms with Crippen LogP contribution >= 0.6 is 0 Å². The molecular formula is C15H16N2O5. The minimum atomic E-state index is -0.777. The van der Waals surface area contributed by atoms with Gasteiger partial charge in [-0.2, -0.15) is 0 Å². The highest BCUT2D eigenvalue weighted by Gasteiger charge is 2.27. The first kappa shape index (κ1) is 15.7. The van der Waals surface area contributed by atoms with E-state index in [9.17, 15) is 19.7 Å². The molecule has 2 rings (SSSR count). The lowest BCUT2D eigenvalue weighted by molar-refractivity contribution is -0.383. The Kier molecular flexibility index (Phi) is 4.25. The second-order valence-corrected chi connectivity index (χ2v) is 5.24. The second kappa shape index (κ2) is 5.97. The molecule has 2 aromatic rings. The van der Waals surface area contributed by atoms with Crippen molar-refractivity contribution in [2.75, 3.05) is 7.11 Å². The molecule has 0 N–H and O–H groups in total. The number of esters is 1. The summed E-state index contributed by atoms with van der Waals surface area (Å²) in [6.07, 6.45) is 1.40. The molecule has 1 aromatic heterocycles. The van der Waals surface area contributed by atoms with E-state index in [-0.39, 0.29) is 22.4 Å². The quantitative estimate of drug-likeness (QED) is 0.491. The molecular weight excluding hydrogens is 288 g/mol. The maximum Gasteiger partial charge on any atom is 0.329 e. The van der Waals surface area contributed by atoms with E-state index in [1.54, 1.807) is 13.8 Å². The molecule has 22 heavy (non-hydrogen) atoms. The molecule has 7 heteroatoms. The van der Waals surface area contributed by atoms with E-state index in [4.69, 9.17) is 4.74 Å². The van der Waals surface area contributed by atoms with Crippen molar-refractivity contribution in [1.82, 2.24) is 4.57 Å². The summed E-state index contributed by atoms with van der Waals surface area (Å²) < 4.78 is 6.02. The average Bonchev–Trinajstić information content (AvgIpc) is 2.48. The number of non-ortho nitro benzene ring substituents is 1. The maximum absolute atomic E-state index is 12.6. The number of methoxy groups -OCH3 is 1. The molecule has 1 atom stereocenters. The van der Waals surface area contributed by atoms with Crippen molar-refractivity contribution in [1.29, 1.82) is 0 Å². The third kappa shape index (κ3) is 2.57. The Hall–Kier alpha value is -2.70. The molecule has 1 aromatic carbocycles. The lowest BCUT2D eigenvalue weighted by Gasteiger charge is -2.21. The molecule has 1 unspecified atom stereocenters. The number of nitro groups is 1. The summed E-state index contributed by atoms with van der Waals surface area (Å²) in [6, 6.07) is 5.01. The summed E-state index contributed by atoms with van der Waals surface area (Å²) >= 11 is 0. The molecule has 0 fully saturated rings. The van der Waals surface area contributed by atoms with Gasteiger partial charge in [-0.25, -0.2) is 4.79 Å². The minimum Gasteiger partial charge on any atom is -0.467 e. The number of pyridine rings is 1. The van der Waals surface area contributed by atoms with Crippen molar-refractivity contribution in [3.63, 3.8) is 0 Å². The highest BCUT2D eigenvalue weighted by molar-refractivity contribution is 5.90. The van der Waals surface area contributed by atoms with Crippen molar-refractivity contribution in [3.05, 3.63) is 50.9 Å². The number of hydrogen-bond donors (Lipinski definition) is 0. The standard InChI is InChI=1S/C15H16N2O5/c1-9(2)13(15(19)22-3)16-8-7-10-11(14(16)18)5-4-6-12(10)17(20)21/h4-9,13H,1-3H3. The lowest BCUT2D eigenvalue weighted by atomic mass is 10.0. The van der Waals surface area contributed by atoms with Crippen LogP contribution in [0, 0.1) is 16.0 Å². The van der Waals surface area contributed by atoms with Gasteiger partial charge in [0, 0.05) is 12.3 Å². The summed E-state index contributed by atoms with van der Waals surface area (Å²) in [7, 11) is 1.26. The molecule has 0 aliphatic rings. The normalized spacial score (nSPS) is 12.4. The van der Waals surface area contributed by atoms with Crippen LogP contribution in [0.1, 0.15) is 19.9 Å². The van der Waals surface area contributed by atoms with Crippen LogP contribution < -0.4 is 5.56 Å². The zero-order chi connectivity index (χ0) is 16.4. The summed E-state index contributed by atoms with van der Waals surface area (Å²) in [5, 5.41) is 11.5. The van der Waals surface area contributed by atoms with Gasteiger partial charge in [-0.05, 0) is 18.1 Å². The number of carbonyl (C=O) groups excluding carboxylic acids is 1. The Morgan fingerprint density at radius 2 is 1.95 bits per heavy atom. The molecule has 0 bridgehead atoms. The highest BCUT2D eigenvalue weighted by Crippen LogP contribution is 2.25. The lowest BCUT2D eigenvalue weighted by Crippen LogP contribution is -2.33. The summed E-state index contributed by atoms with van der Waals surface area (Å²) in [4.78, 5) is 35.0. The van der Waals surface area contributed by atoms with Crippen LogP contribution in [0.2, 0.25) is 0 Å². The van der Waals surface area contributed by atoms with Crippen molar-refractivity contribution in [2.24, 2.45) is 5.92 Å². The maximum atomic E-state index is 12.6. The molecule has 0 radical (unpaired) electrons. The van der Waals surface area contributed by atoms with Gasteiger partial charge in [0.15, 0.2) is 0 Å². The van der Waals surface area contributed by atoms with E-state index in [1.165, 1.54) is 42.1 Å². The van der Waals surface area contributed by atoms with Crippen molar-refractivity contribution in [3.8, 4) is 0 Å². The molecule has 0 saturated heterocycles. The third-order valence-corrected chi connectivity index (χ3v) is 3.52. The van der Waals surface area contributed by atoms with Crippen LogP contribution in [0.4, 0.5) is 5.69 Å². The van der Waals surface area contributed by atoms with Gasteiger partial charge in [-0.1, -0.05) is 19.9 Å². The summed E-state index contributed by atoms with van der Waals surface area (Å²) in [6.45, 7) is 3.59. The van der Waals surface area contributed by atoms with Crippen LogP contribution in [0.5, 0.6) is 0 Å². The average molecular weight is 304 g/mol. The zero-order valence-electron chi connectivity index (χ0n) is 12.5. The van der Waals surface area contributed by atoms with Gasteiger partial charge in [0.2, 0.25) is 0 Å². The largest absolute Gasteiger partial charge is 0.467 e. The molecule has 0 aliphatic carbocycles. The van der Waals surface area contributed by atoms with E-state index in [1.807, 2.05) is 0 Å². The number of nitro benzene ring substituents is 1. The number of carbonyl (C=O) groups is 1. The van der Waals surface area contributed by atoms with Gasteiger partial charge in [0.05, 0.1) is 22.8 Å². The fourth-order valence-electron chi connectivity index (χ4n) is 2.48. The first-order valence-electron chi connectivity index (χ1n) is 6.74. The first-order valence-corrected chi connectivity index (χ1v) is 6.74. The fourth-order valence-corrected chi connectivity index (χ4v) is 2.48. The Bertz CT molecular complexity index is 794. The highest BCUT2D eigenvalue weighted by atomic mass is 16.6. The zero-order valence-corrected chi connectivity index (χ0v) is 12.5. The molecule has 1 heterocycles. The number of fused-ring (bicyclic) bond motifs is 1. The Labute approximate surface area is 126 Å². The summed E-state index contributed by atoms with van der Waals surface area (Å²) in [5.74, 6) is -0.692. The van der Waals surface area contributed by atoms with Gasteiger partial charge in [-0.15, -0.1) is 0 Å². The topological polar surface area (TPSA) is 91.4 Å². The molecule has 0 aliphatic heterocycles. The number of aromatic nitrogens is 1. The van der Waals surface area contributed by atoms with E-state index in [0.29, 0.717) is 0 Å². The second-order valence-electron chi connectivity index (χ2n) is 5.24. The van der Waals surface area contributed by atoms with Crippen LogP contribution in [-0.4, -0.2) is 22.6 Å². The van der Waals surface area contributed by atoms with E-state index >= 15 is 0 Å². The SMILES string of the molecule is COC(=O)C(C(C)C)n1ccc2c([N+](=O)[O-])cccc2c1=O. The van der Waals surface area contributed by atoms with Gasteiger partial charge >= 0.3 is 5.97 Å². The number of rotatable bonds is 4. The molecule has 116 valence electrons.